The summed E-state index contributed by atoms with van der Waals surface area (Å²) in [6, 6.07) is 0. The van der Waals surface area contributed by atoms with Crippen molar-refractivity contribution in [2.75, 3.05) is 0 Å². The molecule has 0 N–H and O–H groups in total. The van der Waals surface area contributed by atoms with Crippen molar-refractivity contribution in [1.82, 2.24) is 0 Å². The second-order valence-electron chi connectivity index (χ2n) is 3.48. The molecule has 0 saturated heterocycles. The summed E-state index contributed by atoms with van der Waals surface area (Å²) < 4.78 is 0. The minimum atomic E-state index is -0.179. The fourth-order valence-electron chi connectivity index (χ4n) is 1.01. The van der Waals surface area contributed by atoms with E-state index in [1.54, 1.807) is 0 Å². The highest BCUT2D eigenvalue weighted by Gasteiger charge is 2.23. The lowest BCUT2D eigenvalue weighted by molar-refractivity contribution is 0.626. The van der Waals surface area contributed by atoms with Crippen LogP contribution in [0.15, 0.2) is 0 Å². The molecule has 5 atom stereocenters. The van der Waals surface area contributed by atoms with Crippen molar-refractivity contribution in [1.29, 1.82) is 0 Å². The molecule has 5 unspecified atom stereocenters. The van der Waals surface area contributed by atoms with Crippen LogP contribution in [0.3, 0.4) is 0 Å². The van der Waals surface area contributed by atoms with Crippen LogP contribution in [0.4, 0.5) is 0 Å². The second-order valence-corrected chi connectivity index (χ2v) is 6.59. The van der Waals surface area contributed by atoms with Crippen molar-refractivity contribution >= 4 is 58.0 Å². The zero-order valence-electron chi connectivity index (χ0n) is 8.19. The molecule has 0 aromatic rings. The Morgan fingerprint density at radius 2 is 1.14 bits per heavy atom. The average Bonchev–Trinajstić information content (AvgIpc) is 2.02. The Hall–Kier alpha value is 1.45. The summed E-state index contributed by atoms with van der Waals surface area (Å²) in [6.07, 6.45) is 1.28. The molecule has 0 aliphatic rings. The molecule has 0 radical (unpaired) electrons. The molecular formula is C9H15Cl5. The maximum atomic E-state index is 6.08. The Labute approximate surface area is 111 Å². The maximum absolute atomic E-state index is 6.08. The molecule has 86 valence electrons. The zero-order valence-corrected chi connectivity index (χ0v) is 12.0. The Kier molecular flexibility index (Phi) is 8.47. The number of alkyl halides is 5. The Morgan fingerprint density at radius 3 is 1.50 bits per heavy atom. The summed E-state index contributed by atoms with van der Waals surface area (Å²) in [5.74, 6) is 0. The van der Waals surface area contributed by atoms with Crippen molar-refractivity contribution in [2.45, 2.75) is 53.6 Å². The van der Waals surface area contributed by atoms with E-state index in [-0.39, 0.29) is 26.9 Å². The fourth-order valence-corrected chi connectivity index (χ4v) is 2.34. The first-order valence-electron chi connectivity index (χ1n) is 4.55. The van der Waals surface area contributed by atoms with Crippen molar-refractivity contribution in [3.63, 3.8) is 0 Å². The van der Waals surface area contributed by atoms with Crippen LogP contribution >= 0.6 is 58.0 Å². The fraction of sp³-hybridized carbons (Fsp3) is 1.00. The van der Waals surface area contributed by atoms with E-state index in [2.05, 4.69) is 0 Å². The number of rotatable bonds is 6. The van der Waals surface area contributed by atoms with Gasteiger partial charge in [-0.3, -0.25) is 0 Å². The first-order chi connectivity index (χ1) is 6.34. The van der Waals surface area contributed by atoms with E-state index in [1.165, 1.54) is 0 Å². The number of hydrogen-bond donors (Lipinski definition) is 0. The van der Waals surface area contributed by atoms with E-state index in [1.807, 2.05) is 13.8 Å². The first-order valence-corrected chi connectivity index (χ1v) is 6.73. The highest BCUT2D eigenvalue weighted by molar-refractivity contribution is 6.32. The average molecular weight is 300 g/mol. The van der Waals surface area contributed by atoms with Gasteiger partial charge in [0.15, 0.2) is 0 Å². The highest BCUT2D eigenvalue weighted by atomic mass is 35.5. The van der Waals surface area contributed by atoms with Crippen molar-refractivity contribution in [3.05, 3.63) is 0 Å². The van der Waals surface area contributed by atoms with Gasteiger partial charge < -0.3 is 0 Å². The van der Waals surface area contributed by atoms with Gasteiger partial charge in [-0.2, -0.15) is 0 Å². The van der Waals surface area contributed by atoms with Gasteiger partial charge in [0.2, 0.25) is 0 Å². The summed E-state index contributed by atoms with van der Waals surface area (Å²) in [5, 5.41) is -0.551. The van der Waals surface area contributed by atoms with Crippen LogP contribution in [-0.2, 0) is 0 Å². The van der Waals surface area contributed by atoms with Gasteiger partial charge in [0.05, 0.1) is 16.1 Å². The van der Waals surface area contributed by atoms with Gasteiger partial charge in [0.25, 0.3) is 0 Å². The van der Waals surface area contributed by atoms with Crippen LogP contribution in [0.5, 0.6) is 0 Å². The zero-order chi connectivity index (χ0) is 11.3. The van der Waals surface area contributed by atoms with Crippen molar-refractivity contribution < 1.29 is 0 Å². The van der Waals surface area contributed by atoms with Crippen molar-refractivity contribution in [2.24, 2.45) is 0 Å². The van der Waals surface area contributed by atoms with Crippen LogP contribution in [0.25, 0.3) is 0 Å². The van der Waals surface area contributed by atoms with E-state index in [4.69, 9.17) is 58.0 Å². The second kappa shape index (κ2) is 7.68. The minimum Gasteiger partial charge on any atom is -0.123 e. The molecule has 0 nitrogen and oxygen atoms in total. The topological polar surface area (TPSA) is 0 Å². The third-order valence-corrected chi connectivity index (χ3v) is 4.15. The number of hydrogen-bond acceptors (Lipinski definition) is 0. The molecule has 5 heteroatoms. The monoisotopic (exact) mass is 298 g/mol. The smallest absolute Gasteiger partial charge is 0.0514 e. The third kappa shape index (κ3) is 6.85. The van der Waals surface area contributed by atoms with Crippen LogP contribution in [0.2, 0.25) is 0 Å². The van der Waals surface area contributed by atoms with E-state index in [0.29, 0.717) is 12.8 Å². The van der Waals surface area contributed by atoms with Crippen LogP contribution < -0.4 is 0 Å². The molecule has 0 fully saturated rings. The van der Waals surface area contributed by atoms with Crippen LogP contribution in [0, 0.1) is 0 Å². The van der Waals surface area contributed by atoms with Crippen LogP contribution in [-0.4, -0.2) is 26.9 Å². The molecule has 0 aromatic carbocycles. The van der Waals surface area contributed by atoms with E-state index in [9.17, 15) is 0 Å². The summed E-state index contributed by atoms with van der Waals surface area (Å²) in [7, 11) is 0. The minimum absolute atomic E-state index is 0.0287. The lowest BCUT2D eigenvalue weighted by atomic mass is 10.1. The van der Waals surface area contributed by atoms with E-state index < -0.39 is 0 Å². The molecule has 0 bridgehead atoms. The summed E-state index contributed by atoms with van der Waals surface area (Å²) in [5.41, 5.74) is 0. The number of halogens is 5. The lowest BCUT2D eigenvalue weighted by Crippen LogP contribution is -2.24. The van der Waals surface area contributed by atoms with Gasteiger partial charge in [-0.25, -0.2) is 0 Å². The van der Waals surface area contributed by atoms with Crippen LogP contribution in [0.1, 0.15) is 26.7 Å². The standard InChI is InChI=1S/C9H15Cl5/c1-5(10)3-8(13)9(14)4-7(12)6(2)11/h5-9H,3-4H2,1-2H3. The molecule has 0 amide bonds. The molecule has 0 heterocycles. The van der Waals surface area contributed by atoms with E-state index in [0.717, 1.165) is 0 Å². The molecule has 14 heavy (non-hydrogen) atoms. The quantitative estimate of drug-likeness (QED) is 0.616. The van der Waals surface area contributed by atoms with Gasteiger partial charge in [-0.1, -0.05) is 0 Å². The molecule has 0 aromatic heterocycles. The molecule has 0 saturated carbocycles. The largest absolute Gasteiger partial charge is 0.123 e. The third-order valence-electron chi connectivity index (χ3n) is 1.89. The summed E-state index contributed by atoms with van der Waals surface area (Å²) in [4.78, 5) is 0. The van der Waals surface area contributed by atoms with Gasteiger partial charge in [0.1, 0.15) is 0 Å². The van der Waals surface area contributed by atoms with Gasteiger partial charge in [-0.15, -0.1) is 58.0 Å². The van der Waals surface area contributed by atoms with Gasteiger partial charge in [0, 0.05) is 10.8 Å². The molecule has 0 rings (SSSR count). The Morgan fingerprint density at radius 1 is 0.714 bits per heavy atom. The Balaban J connectivity index is 3.88. The SMILES string of the molecule is CC(Cl)CC(Cl)C(Cl)CC(Cl)C(C)Cl. The van der Waals surface area contributed by atoms with Crippen molar-refractivity contribution in [3.8, 4) is 0 Å². The lowest BCUT2D eigenvalue weighted by Gasteiger charge is -2.20. The first kappa shape index (κ1) is 15.4. The normalized spacial score (nSPS) is 22.5. The predicted octanol–water partition coefficient (Wildman–Crippen LogP) is 4.84. The summed E-state index contributed by atoms with van der Waals surface area (Å²) >= 11 is 29.8. The molecular weight excluding hydrogens is 285 g/mol. The molecule has 0 aliphatic carbocycles. The molecule has 0 aliphatic heterocycles. The Bertz CT molecular complexity index is 148. The van der Waals surface area contributed by atoms with E-state index >= 15 is 0 Å². The maximum Gasteiger partial charge on any atom is 0.0514 e. The van der Waals surface area contributed by atoms with Gasteiger partial charge >= 0.3 is 0 Å². The van der Waals surface area contributed by atoms with Gasteiger partial charge in [-0.05, 0) is 26.7 Å². The molecule has 0 spiro atoms. The summed E-state index contributed by atoms with van der Waals surface area (Å²) in [6.45, 7) is 3.74. The predicted molar refractivity (Wildman–Crippen MR) is 68.8 cm³/mol. The highest BCUT2D eigenvalue weighted by Crippen LogP contribution is 2.25.